The first-order chi connectivity index (χ1) is 10.5. The molecule has 3 rings (SSSR count). The van der Waals surface area contributed by atoms with Crippen molar-refractivity contribution in [2.45, 2.75) is 25.9 Å². The van der Waals surface area contributed by atoms with Crippen molar-refractivity contribution in [1.29, 1.82) is 0 Å². The van der Waals surface area contributed by atoms with Gasteiger partial charge in [0.25, 0.3) is 0 Å². The maximum Gasteiger partial charge on any atom is 0.242 e. The molecule has 1 aromatic heterocycles. The van der Waals surface area contributed by atoms with Crippen LogP contribution in [0.2, 0.25) is 0 Å². The number of carbonyl (C=O) groups is 2. The van der Waals surface area contributed by atoms with E-state index in [1.54, 1.807) is 9.80 Å². The number of hydrogen-bond acceptors (Lipinski definition) is 4. The van der Waals surface area contributed by atoms with Crippen LogP contribution in [0.25, 0.3) is 0 Å². The van der Waals surface area contributed by atoms with Gasteiger partial charge in [-0.05, 0) is 13.3 Å². The molecule has 0 saturated carbocycles. The van der Waals surface area contributed by atoms with Gasteiger partial charge < -0.3 is 19.1 Å². The Balaban J connectivity index is 1.64. The Morgan fingerprint density at radius 2 is 2.27 bits per heavy atom. The zero-order valence-electron chi connectivity index (χ0n) is 13.1. The molecular weight excluding hydrogens is 284 g/mol. The van der Waals surface area contributed by atoms with E-state index in [2.05, 4.69) is 4.98 Å². The monoisotopic (exact) mass is 306 g/mol. The van der Waals surface area contributed by atoms with Crippen LogP contribution in [-0.4, -0.2) is 64.0 Å². The van der Waals surface area contributed by atoms with Crippen molar-refractivity contribution < 1.29 is 14.3 Å². The van der Waals surface area contributed by atoms with Crippen LogP contribution in [0.15, 0.2) is 6.20 Å². The van der Waals surface area contributed by atoms with Crippen molar-refractivity contribution in [3.05, 3.63) is 17.7 Å². The SMILES string of the molecule is Cc1cn(C)c([C@@H]2CN(C(=O)CN3CCCC3=O)CCO2)n1. The van der Waals surface area contributed by atoms with Gasteiger partial charge in [-0.3, -0.25) is 9.59 Å². The minimum absolute atomic E-state index is 0.00511. The maximum atomic E-state index is 12.4. The molecule has 0 aliphatic carbocycles. The number of likely N-dealkylation sites (tertiary alicyclic amines) is 1. The number of amides is 2. The van der Waals surface area contributed by atoms with Gasteiger partial charge >= 0.3 is 0 Å². The van der Waals surface area contributed by atoms with Crippen LogP contribution in [0.5, 0.6) is 0 Å². The number of imidazole rings is 1. The number of rotatable bonds is 3. The maximum absolute atomic E-state index is 12.4. The molecule has 120 valence electrons. The van der Waals surface area contributed by atoms with Crippen LogP contribution < -0.4 is 0 Å². The number of aryl methyl sites for hydroxylation is 2. The first-order valence-corrected chi connectivity index (χ1v) is 7.71. The fraction of sp³-hybridized carbons (Fsp3) is 0.667. The molecule has 2 aliphatic rings. The summed E-state index contributed by atoms with van der Waals surface area (Å²) in [5.74, 6) is 0.916. The highest BCUT2D eigenvalue weighted by molar-refractivity contribution is 5.85. The lowest BCUT2D eigenvalue weighted by atomic mass is 10.2. The molecule has 22 heavy (non-hydrogen) atoms. The van der Waals surface area contributed by atoms with Crippen molar-refractivity contribution in [2.75, 3.05) is 32.8 Å². The molecule has 7 heteroatoms. The third-order valence-corrected chi connectivity index (χ3v) is 4.24. The van der Waals surface area contributed by atoms with E-state index in [1.807, 2.05) is 24.7 Å². The second kappa shape index (κ2) is 6.08. The first kappa shape index (κ1) is 15.0. The molecule has 1 atom stereocenters. The Morgan fingerprint density at radius 3 is 2.91 bits per heavy atom. The highest BCUT2D eigenvalue weighted by Crippen LogP contribution is 2.21. The van der Waals surface area contributed by atoms with Gasteiger partial charge in [-0.1, -0.05) is 0 Å². The predicted molar refractivity (Wildman–Crippen MR) is 79.0 cm³/mol. The summed E-state index contributed by atoms with van der Waals surface area (Å²) in [6, 6.07) is 0. The average Bonchev–Trinajstić information content (AvgIpc) is 3.05. The van der Waals surface area contributed by atoms with E-state index in [1.165, 1.54) is 0 Å². The quantitative estimate of drug-likeness (QED) is 0.803. The normalized spacial score (nSPS) is 22.5. The minimum Gasteiger partial charge on any atom is -0.367 e. The first-order valence-electron chi connectivity index (χ1n) is 7.71. The van der Waals surface area contributed by atoms with Gasteiger partial charge in [0.1, 0.15) is 11.9 Å². The molecule has 2 aliphatic heterocycles. The van der Waals surface area contributed by atoms with Crippen molar-refractivity contribution in [1.82, 2.24) is 19.4 Å². The Morgan fingerprint density at radius 1 is 1.45 bits per heavy atom. The fourth-order valence-corrected chi connectivity index (χ4v) is 3.10. The molecule has 2 amide bonds. The molecule has 2 saturated heterocycles. The highest BCUT2D eigenvalue weighted by Gasteiger charge is 2.30. The molecule has 2 fully saturated rings. The van der Waals surface area contributed by atoms with Gasteiger partial charge in [0.05, 0.1) is 25.4 Å². The van der Waals surface area contributed by atoms with Crippen LogP contribution in [0, 0.1) is 6.92 Å². The van der Waals surface area contributed by atoms with Gasteiger partial charge in [-0.25, -0.2) is 4.98 Å². The van der Waals surface area contributed by atoms with Crippen LogP contribution >= 0.6 is 0 Å². The number of ether oxygens (including phenoxy) is 1. The molecule has 0 radical (unpaired) electrons. The summed E-state index contributed by atoms with van der Waals surface area (Å²) in [4.78, 5) is 32.0. The van der Waals surface area contributed by atoms with Gasteiger partial charge in [-0.2, -0.15) is 0 Å². The molecule has 0 aromatic carbocycles. The van der Waals surface area contributed by atoms with Crippen LogP contribution in [0.4, 0.5) is 0 Å². The van der Waals surface area contributed by atoms with E-state index in [9.17, 15) is 9.59 Å². The molecule has 1 aromatic rings. The van der Waals surface area contributed by atoms with Gasteiger partial charge in [0, 0.05) is 32.8 Å². The third kappa shape index (κ3) is 2.99. The average molecular weight is 306 g/mol. The Bertz CT molecular complexity index is 583. The number of morpholine rings is 1. The Hall–Kier alpha value is -1.89. The van der Waals surface area contributed by atoms with E-state index < -0.39 is 0 Å². The van der Waals surface area contributed by atoms with Crippen LogP contribution in [0.3, 0.4) is 0 Å². The summed E-state index contributed by atoms with van der Waals surface area (Å²) in [6.45, 7) is 4.37. The fourth-order valence-electron chi connectivity index (χ4n) is 3.10. The second-order valence-electron chi connectivity index (χ2n) is 5.97. The van der Waals surface area contributed by atoms with Gasteiger partial charge in [0.15, 0.2) is 0 Å². The summed E-state index contributed by atoms with van der Waals surface area (Å²) in [7, 11) is 1.93. The molecule has 0 bridgehead atoms. The van der Waals surface area contributed by atoms with Crippen LogP contribution in [0.1, 0.15) is 30.5 Å². The van der Waals surface area contributed by atoms with E-state index in [4.69, 9.17) is 4.74 Å². The number of aromatic nitrogens is 2. The third-order valence-electron chi connectivity index (χ3n) is 4.24. The highest BCUT2D eigenvalue weighted by atomic mass is 16.5. The van der Waals surface area contributed by atoms with Crippen LogP contribution in [-0.2, 0) is 21.4 Å². The summed E-state index contributed by atoms with van der Waals surface area (Å²) in [5, 5.41) is 0. The summed E-state index contributed by atoms with van der Waals surface area (Å²) in [6.07, 6.45) is 3.16. The molecule has 0 N–H and O–H groups in total. The number of nitrogens with zero attached hydrogens (tertiary/aromatic N) is 4. The zero-order chi connectivity index (χ0) is 15.7. The van der Waals surface area contributed by atoms with E-state index in [-0.39, 0.29) is 24.5 Å². The topological polar surface area (TPSA) is 67.7 Å². The van der Waals surface area contributed by atoms with Crippen molar-refractivity contribution >= 4 is 11.8 Å². The summed E-state index contributed by atoms with van der Waals surface area (Å²) in [5.41, 5.74) is 0.937. The van der Waals surface area contributed by atoms with Crippen molar-refractivity contribution in [3.8, 4) is 0 Å². The van der Waals surface area contributed by atoms with Gasteiger partial charge in [0.2, 0.25) is 11.8 Å². The minimum atomic E-state index is -0.203. The van der Waals surface area contributed by atoms with Crippen molar-refractivity contribution in [3.63, 3.8) is 0 Å². The zero-order valence-corrected chi connectivity index (χ0v) is 13.1. The number of carbonyl (C=O) groups excluding carboxylic acids is 2. The lowest BCUT2D eigenvalue weighted by Gasteiger charge is -2.33. The number of hydrogen-bond donors (Lipinski definition) is 0. The lowest BCUT2D eigenvalue weighted by Crippen LogP contribution is -2.47. The molecule has 7 nitrogen and oxygen atoms in total. The second-order valence-corrected chi connectivity index (χ2v) is 5.97. The molecular formula is C15H22N4O3. The molecule has 3 heterocycles. The Kier molecular flexibility index (Phi) is 4.15. The lowest BCUT2D eigenvalue weighted by molar-refractivity contribution is -0.144. The smallest absolute Gasteiger partial charge is 0.242 e. The summed E-state index contributed by atoms with van der Waals surface area (Å²) >= 11 is 0. The molecule has 0 spiro atoms. The summed E-state index contributed by atoms with van der Waals surface area (Å²) < 4.78 is 7.71. The van der Waals surface area contributed by atoms with Gasteiger partial charge in [-0.15, -0.1) is 0 Å². The van der Waals surface area contributed by atoms with E-state index >= 15 is 0 Å². The standard InChI is InChI=1S/C15H22N4O3/c1-11-8-17(2)15(16-11)12-9-19(6-7-22-12)14(21)10-18-5-3-4-13(18)20/h8,12H,3-7,9-10H2,1-2H3/t12-/m0/s1. The Labute approximate surface area is 129 Å². The molecule has 0 unspecified atom stereocenters. The predicted octanol–water partition coefficient (Wildman–Crippen LogP) is 0.251. The van der Waals surface area contributed by atoms with Crippen molar-refractivity contribution in [2.24, 2.45) is 7.05 Å². The van der Waals surface area contributed by atoms with E-state index in [0.29, 0.717) is 32.7 Å². The van der Waals surface area contributed by atoms with E-state index in [0.717, 1.165) is 17.9 Å². The largest absolute Gasteiger partial charge is 0.367 e.